The van der Waals surface area contributed by atoms with Gasteiger partial charge in [0.15, 0.2) is 5.65 Å². The predicted molar refractivity (Wildman–Crippen MR) is 35.2 cm³/mol. The van der Waals surface area contributed by atoms with Gasteiger partial charge in [-0.05, 0) is 0 Å². The van der Waals surface area contributed by atoms with Gasteiger partial charge in [-0.3, -0.25) is 4.79 Å². The van der Waals surface area contributed by atoms with Gasteiger partial charge in [0.2, 0.25) is 5.43 Å². The monoisotopic (exact) mass is 136 g/mol. The topological polar surface area (TPSA) is 66.0 Å². The summed E-state index contributed by atoms with van der Waals surface area (Å²) in [5, 5.41) is 9.00. The first-order valence-corrected chi connectivity index (χ1v) is 2.78. The van der Waals surface area contributed by atoms with E-state index in [1.165, 1.54) is 6.20 Å². The van der Waals surface area contributed by atoms with Gasteiger partial charge < -0.3 is 10.1 Å². The van der Waals surface area contributed by atoms with E-state index in [1.54, 1.807) is 0 Å². The van der Waals surface area contributed by atoms with E-state index in [0.29, 0.717) is 5.52 Å². The molecule has 0 fully saturated rings. The van der Waals surface area contributed by atoms with Crippen LogP contribution in [0.4, 0.5) is 0 Å². The Hall–Kier alpha value is -1.58. The summed E-state index contributed by atoms with van der Waals surface area (Å²) >= 11 is 0. The molecule has 0 spiro atoms. The van der Waals surface area contributed by atoms with E-state index in [1.807, 2.05) is 0 Å². The number of H-pyrrole nitrogens is 1. The molecular formula is C6H4N2O2. The molecule has 4 nitrogen and oxygen atoms in total. The Balaban J connectivity index is 3.09. The van der Waals surface area contributed by atoms with E-state index in [0.717, 1.165) is 6.07 Å². The predicted octanol–water partition coefficient (Wildman–Crippen LogP) is 0.0665. The molecule has 50 valence electrons. The van der Waals surface area contributed by atoms with Crippen LogP contribution in [0.2, 0.25) is 0 Å². The molecule has 2 aromatic heterocycles. The van der Waals surface area contributed by atoms with Crippen molar-refractivity contribution >= 4 is 11.2 Å². The zero-order valence-corrected chi connectivity index (χ0v) is 4.96. The van der Waals surface area contributed by atoms with Crippen LogP contribution in [0.3, 0.4) is 0 Å². The first-order valence-electron chi connectivity index (χ1n) is 2.78. The molecule has 10 heavy (non-hydrogen) atoms. The average molecular weight is 136 g/mol. The SMILES string of the molecule is O=c1cc(O)c2cnc1[nH]2. The van der Waals surface area contributed by atoms with Crippen LogP contribution in [-0.4, -0.2) is 15.1 Å². The maximum absolute atomic E-state index is 10.8. The highest BCUT2D eigenvalue weighted by atomic mass is 16.3. The lowest BCUT2D eigenvalue weighted by atomic mass is 10.4. The van der Waals surface area contributed by atoms with Crippen molar-refractivity contribution in [3.63, 3.8) is 0 Å². The summed E-state index contributed by atoms with van der Waals surface area (Å²) < 4.78 is 0. The summed E-state index contributed by atoms with van der Waals surface area (Å²) in [6.45, 7) is 0. The molecule has 0 saturated heterocycles. The molecule has 2 heterocycles. The van der Waals surface area contributed by atoms with Crippen LogP contribution in [0.5, 0.6) is 5.75 Å². The van der Waals surface area contributed by atoms with E-state index in [-0.39, 0.29) is 16.8 Å². The minimum absolute atomic E-state index is 0.0463. The molecule has 2 rings (SSSR count). The number of fused-ring (bicyclic) bond motifs is 2. The van der Waals surface area contributed by atoms with Crippen LogP contribution in [0.15, 0.2) is 17.1 Å². The average Bonchev–Trinajstić information content (AvgIpc) is 2.28. The molecule has 0 aliphatic heterocycles. The molecule has 4 heteroatoms. The van der Waals surface area contributed by atoms with Crippen molar-refractivity contribution in [2.75, 3.05) is 0 Å². The van der Waals surface area contributed by atoms with Crippen molar-refractivity contribution < 1.29 is 5.11 Å². The van der Waals surface area contributed by atoms with Crippen molar-refractivity contribution in [2.24, 2.45) is 0 Å². The fourth-order valence-corrected chi connectivity index (χ4v) is 0.847. The van der Waals surface area contributed by atoms with Crippen molar-refractivity contribution in [3.05, 3.63) is 22.5 Å². The maximum Gasteiger partial charge on any atom is 0.224 e. The molecule has 0 radical (unpaired) electrons. The van der Waals surface area contributed by atoms with Crippen LogP contribution >= 0.6 is 0 Å². The van der Waals surface area contributed by atoms with E-state index in [9.17, 15) is 4.79 Å². The van der Waals surface area contributed by atoms with Gasteiger partial charge >= 0.3 is 0 Å². The number of rotatable bonds is 0. The molecule has 2 aromatic rings. The summed E-state index contributed by atoms with van der Waals surface area (Å²) in [4.78, 5) is 17.1. The molecule has 0 saturated carbocycles. The van der Waals surface area contributed by atoms with Crippen molar-refractivity contribution in [1.29, 1.82) is 0 Å². The second kappa shape index (κ2) is 1.47. The van der Waals surface area contributed by atoms with Crippen molar-refractivity contribution in [3.8, 4) is 5.75 Å². The van der Waals surface area contributed by atoms with Crippen LogP contribution in [-0.2, 0) is 0 Å². The Morgan fingerprint density at radius 3 is 3.20 bits per heavy atom. The van der Waals surface area contributed by atoms with Gasteiger partial charge in [0.1, 0.15) is 11.3 Å². The quantitative estimate of drug-likeness (QED) is 0.538. The Morgan fingerprint density at radius 2 is 2.40 bits per heavy atom. The van der Waals surface area contributed by atoms with Gasteiger partial charge in [-0.1, -0.05) is 0 Å². The number of aromatic amines is 1. The number of pyridine rings is 1. The minimum atomic E-state index is -0.282. The summed E-state index contributed by atoms with van der Waals surface area (Å²) in [5.74, 6) is -0.0463. The molecule has 0 atom stereocenters. The van der Waals surface area contributed by atoms with Gasteiger partial charge in [0.05, 0.1) is 6.20 Å². The summed E-state index contributed by atoms with van der Waals surface area (Å²) in [6, 6.07) is 1.15. The largest absolute Gasteiger partial charge is 0.506 e. The lowest BCUT2D eigenvalue weighted by Crippen LogP contribution is -1.98. The van der Waals surface area contributed by atoms with Gasteiger partial charge in [-0.25, -0.2) is 4.98 Å². The first kappa shape index (κ1) is 5.22. The summed E-state index contributed by atoms with van der Waals surface area (Å²) in [5.41, 5.74) is 0.498. The Labute approximate surface area is 55.5 Å². The van der Waals surface area contributed by atoms with Crippen LogP contribution in [0.25, 0.3) is 11.2 Å². The van der Waals surface area contributed by atoms with Gasteiger partial charge in [0, 0.05) is 6.07 Å². The van der Waals surface area contributed by atoms with Crippen LogP contribution in [0.1, 0.15) is 0 Å². The van der Waals surface area contributed by atoms with Crippen molar-refractivity contribution in [2.45, 2.75) is 0 Å². The molecule has 0 unspecified atom stereocenters. The molecule has 2 N–H and O–H groups in total. The lowest BCUT2D eigenvalue weighted by Gasteiger charge is -1.86. The molecular weight excluding hydrogens is 132 g/mol. The Kier molecular flexibility index (Phi) is 0.768. The molecule has 2 bridgehead atoms. The van der Waals surface area contributed by atoms with Gasteiger partial charge in [-0.2, -0.15) is 0 Å². The minimum Gasteiger partial charge on any atom is -0.506 e. The highest BCUT2D eigenvalue weighted by Crippen LogP contribution is 2.13. The number of aromatic nitrogens is 2. The fraction of sp³-hybridized carbons (Fsp3) is 0. The highest BCUT2D eigenvalue weighted by molar-refractivity contribution is 5.63. The number of nitrogens with zero attached hydrogens (tertiary/aromatic N) is 1. The fourth-order valence-electron chi connectivity index (χ4n) is 0.847. The Bertz CT molecular complexity index is 406. The van der Waals surface area contributed by atoms with Gasteiger partial charge in [-0.15, -0.1) is 0 Å². The number of nitrogens with one attached hydrogen (secondary N) is 1. The smallest absolute Gasteiger partial charge is 0.224 e. The first-order chi connectivity index (χ1) is 4.77. The Morgan fingerprint density at radius 1 is 1.60 bits per heavy atom. The molecule has 0 aromatic carbocycles. The number of hydrogen-bond acceptors (Lipinski definition) is 3. The highest BCUT2D eigenvalue weighted by Gasteiger charge is 2.02. The van der Waals surface area contributed by atoms with Crippen LogP contribution < -0.4 is 5.43 Å². The summed E-state index contributed by atoms with van der Waals surface area (Å²) in [6.07, 6.45) is 1.42. The van der Waals surface area contributed by atoms with E-state index < -0.39 is 0 Å². The normalized spacial score (nSPS) is 10.8. The second-order valence-electron chi connectivity index (χ2n) is 2.04. The van der Waals surface area contributed by atoms with E-state index in [4.69, 9.17) is 5.11 Å². The second-order valence-corrected chi connectivity index (χ2v) is 2.04. The zero-order valence-electron chi connectivity index (χ0n) is 4.96. The van der Waals surface area contributed by atoms with Crippen molar-refractivity contribution in [1.82, 2.24) is 9.97 Å². The molecule has 0 aliphatic rings. The van der Waals surface area contributed by atoms with E-state index in [2.05, 4.69) is 9.97 Å². The standard InChI is InChI=1S/C6H4N2O2/c9-4-1-5(10)6-7-2-3(4)8-6/h1-2,9H,(H,7,8). The van der Waals surface area contributed by atoms with E-state index >= 15 is 0 Å². The third-order valence-electron chi connectivity index (χ3n) is 1.35. The zero-order chi connectivity index (χ0) is 7.14. The lowest BCUT2D eigenvalue weighted by molar-refractivity contribution is 0.479. The number of imidazole rings is 1. The molecule has 0 amide bonds. The third kappa shape index (κ3) is 0.500. The summed E-state index contributed by atoms with van der Waals surface area (Å²) in [7, 11) is 0. The van der Waals surface area contributed by atoms with Crippen LogP contribution in [0, 0.1) is 0 Å². The maximum atomic E-state index is 10.8. The van der Waals surface area contributed by atoms with Gasteiger partial charge in [0.25, 0.3) is 0 Å². The third-order valence-corrected chi connectivity index (χ3v) is 1.35. The number of aromatic hydroxyl groups is 1. The molecule has 0 aliphatic carbocycles. The number of hydrogen-bond donors (Lipinski definition) is 2.